The van der Waals surface area contributed by atoms with Gasteiger partial charge in [0.05, 0.1) is 7.11 Å². The van der Waals surface area contributed by atoms with Crippen LogP contribution in [0.5, 0.6) is 11.8 Å². The van der Waals surface area contributed by atoms with Crippen molar-refractivity contribution in [3.8, 4) is 11.8 Å². The fourth-order valence-electron chi connectivity index (χ4n) is 2.78. The number of ether oxygens (including phenoxy) is 2. The Morgan fingerprint density at radius 2 is 1.80 bits per heavy atom. The minimum atomic E-state index is -3.54. The van der Waals surface area contributed by atoms with Gasteiger partial charge < -0.3 is 9.47 Å². The molecule has 2 aromatic rings. The van der Waals surface area contributed by atoms with Crippen LogP contribution in [-0.4, -0.2) is 42.6 Å². The SMILES string of the molecule is COc1nccnc1OC1CCC(NS(=O)(=O)c2cccnc2)CC1. The summed E-state index contributed by atoms with van der Waals surface area (Å²) in [4.78, 5) is 12.2. The largest absolute Gasteiger partial charge is 0.477 e. The van der Waals surface area contributed by atoms with E-state index in [1.165, 1.54) is 25.6 Å². The lowest BCUT2D eigenvalue weighted by Crippen LogP contribution is -2.39. The fraction of sp³-hybridized carbons (Fsp3) is 0.438. The standard InChI is InChI=1S/C16H20N4O4S/c1-23-15-16(19-10-9-18-15)24-13-6-4-12(5-7-13)20-25(21,22)14-3-2-8-17-11-14/h2-3,8-13,20H,4-7H2,1H3. The zero-order valence-electron chi connectivity index (χ0n) is 13.8. The third kappa shape index (κ3) is 4.43. The van der Waals surface area contributed by atoms with Gasteiger partial charge in [-0.2, -0.15) is 0 Å². The molecule has 0 spiro atoms. The predicted octanol–water partition coefficient (Wildman–Crippen LogP) is 1.55. The van der Waals surface area contributed by atoms with Crippen molar-refractivity contribution >= 4 is 10.0 Å². The van der Waals surface area contributed by atoms with Gasteiger partial charge in [-0.15, -0.1) is 0 Å². The molecule has 0 aliphatic heterocycles. The molecule has 0 radical (unpaired) electrons. The number of aromatic nitrogens is 3. The summed E-state index contributed by atoms with van der Waals surface area (Å²) in [6.07, 6.45) is 8.75. The Morgan fingerprint density at radius 3 is 2.44 bits per heavy atom. The van der Waals surface area contributed by atoms with Crippen molar-refractivity contribution in [2.75, 3.05) is 7.11 Å². The van der Waals surface area contributed by atoms with E-state index in [4.69, 9.17) is 9.47 Å². The van der Waals surface area contributed by atoms with Gasteiger partial charge in [0.15, 0.2) is 0 Å². The Labute approximate surface area is 146 Å². The van der Waals surface area contributed by atoms with E-state index in [2.05, 4.69) is 19.7 Å². The van der Waals surface area contributed by atoms with Gasteiger partial charge >= 0.3 is 0 Å². The third-order valence-electron chi connectivity index (χ3n) is 4.05. The number of nitrogens with zero attached hydrogens (tertiary/aromatic N) is 3. The van der Waals surface area contributed by atoms with Crippen molar-refractivity contribution in [2.45, 2.75) is 42.7 Å². The molecule has 1 aliphatic rings. The summed E-state index contributed by atoms with van der Waals surface area (Å²) < 4.78 is 38.4. The van der Waals surface area contributed by atoms with Crippen LogP contribution in [0.25, 0.3) is 0 Å². The van der Waals surface area contributed by atoms with Crippen LogP contribution >= 0.6 is 0 Å². The van der Waals surface area contributed by atoms with Crippen LogP contribution in [0.1, 0.15) is 25.7 Å². The summed E-state index contributed by atoms with van der Waals surface area (Å²) in [5, 5.41) is 0. The summed E-state index contributed by atoms with van der Waals surface area (Å²) in [7, 11) is -2.03. The van der Waals surface area contributed by atoms with E-state index in [1.54, 1.807) is 18.5 Å². The number of methoxy groups -OCH3 is 1. The number of nitrogens with one attached hydrogen (secondary N) is 1. The molecule has 2 aromatic heterocycles. The van der Waals surface area contributed by atoms with Crippen molar-refractivity contribution in [2.24, 2.45) is 0 Å². The van der Waals surface area contributed by atoms with E-state index in [9.17, 15) is 8.42 Å². The summed E-state index contributed by atoms with van der Waals surface area (Å²) in [6.45, 7) is 0. The summed E-state index contributed by atoms with van der Waals surface area (Å²) in [5.74, 6) is 0.714. The summed E-state index contributed by atoms with van der Waals surface area (Å²) >= 11 is 0. The summed E-state index contributed by atoms with van der Waals surface area (Å²) in [5.41, 5.74) is 0. The topological polar surface area (TPSA) is 103 Å². The van der Waals surface area contributed by atoms with Crippen LogP contribution in [0, 0.1) is 0 Å². The first-order valence-electron chi connectivity index (χ1n) is 8.02. The Kier molecular flexibility index (Phi) is 5.44. The highest BCUT2D eigenvalue weighted by Crippen LogP contribution is 2.27. The van der Waals surface area contributed by atoms with Gasteiger partial charge in [0.1, 0.15) is 11.0 Å². The lowest BCUT2D eigenvalue weighted by molar-refractivity contribution is 0.132. The first kappa shape index (κ1) is 17.6. The van der Waals surface area contributed by atoms with E-state index in [0.29, 0.717) is 24.6 Å². The van der Waals surface area contributed by atoms with Gasteiger partial charge in [-0.3, -0.25) is 4.98 Å². The smallest absolute Gasteiger partial charge is 0.278 e. The molecule has 0 saturated heterocycles. The molecule has 8 nitrogen and oxygen atoms in total. The second-order valence-electron chi connectivity index (χ2n) is 5.77. The lowest BCUT2D eigenvalue weighted by atomic mass is 9.94. The minimum Gasteiger partial charge on any atom is -0.477 e. The van der Waals surface area contributed by atoms with E-state index in [0.717, 1.165) is 12.8 Å². The number of sulfonamides is 1. The molecule has 0 unspecified atom stereocenters. The van der Waals surface area contributed by atoms with E-state index in [1.807, 2.05) is 0 Å². The van der Waals surface area contributed by atoms with Gasteiger partial charge in [0.2, 0.25) is 10.0 Å². The van der Waals surface area contributed by atoms with Crippen LogP contribution < -0.4 is 14.2 Å². The zero-order valence-corrected chi connectivity index (χ0v) is 14.6. The molecule has 0 atom stereocenters. The normalized spacial score (nSPS) is 20.8. The van der Waals surface area contributed by atoms with Crippen molar-refractivity contribution < 1.29 is 17.9 Å². The summed E-state index contributed by atoms with van der Waals surface area (Å²) in [6, 6.07) is 3.02. The maximum atomic E-state index is 12.3. The van der Waals surface area contributed by atoms with Crippen molar-refractivity contribution in [1.29, 1.82) is 0 Å². The third-order valence-corrected chi connectivity index (χ3v) is 5.55. The van der Waals surface area contributed by atoms with Gasteiger partial charge in [-0.1, -0.05) is 0 Å². The number of pyridine rings is 1. The molecular weight excluding hydrogens is 344 g/mol. The highest BCUT2D eigenvalue weighted by molar-refractivity contribution is 7.89. The molecule has 2 heterocycles. The van der Waals surface area contributed by atoms with Gasteiger partial charge in [0.25, 0.3) is 11.8 Å². The zero-order chi connectivity index (χ0) is 17.7. The van der Waals surface area contributed by atoms with Crippen LogP contribution in [0.2, 0.25) is 0 Å². The fourth-order valence-corrected chi connectivity index (χ4v) is 4.05. The van der Waals surface area contributed by atoms with Crippen LogP contribution in [-0.2, 0) is 10.0 Å². The number of hydrogen-bond acceptors (Lipinski definition) is 7. The van der Waals surface area contributed by atoms with E-state index < -0.39 is 10.0 Å². The highest BCUT2D eigenvalue weighted by Gasteiger charge is 2.27. The molecular formula is C16H20N4O4S. The van der Waals surface area contributed by atoms with Gasteiger partial charge in [-0.05, 0) is 37.8 Å². The average Bonchev–Trinajstić information content (AvgIpc) is 2.64. The van der Waals surface area contributed by atoms with Crippen LogP contribution in [0.4, 0.5) is 0 Å². The van der Waals surface area contributed by atoms with Crippen molar-refractivity contribution in [3.05, 3.63) is 36.9 Å². The molecule has 0 aromatic carbocycles. The van der Waals surface area contributed by atoms with Gasteiger partial charge in [0, 0.05) is 30.8 Å². The molecule has 0 bridgehead atoms. The molecule has 3 rings (SSSR count). The van der Waals surface area contributed by atoms with Crippen LogP contribution in [0.3, 0.4) is 0 Å². The lowest BCUT2D eigenvalue weighted by Gasteiger charge is -2.29. The van der Waals surface area contributed by atoms with Gasteiger partial charge in [-0.25, -0.2) is 23.1 Å². The number of hydrogen-bond donors (Lipinski definition) is 1. The predicted molar refractivity (Wildman–Crippen MR) is 89.8 cm³/mol. The Bertz CT molecular complexity index is 793. The highest BCUT2D eigenvalue weighted by atomic mass is 32.2. The second kappa shape index (κ2) is 7.75. The first-order chi connectivity index (χ1) is 12.1. The average molecular weight is 364 g/mol. The molecule has 1 aliphatic carbocycles. The Morgan fingerprint density at radius 1 is 1.08 bits per heavy atom. The van der Waals surface area contributed by atoms with E-state index >= 15 is 0 Å². The monoisotopic (exact) mass is 364 g/mol. The number of rotatable bonds is 6. The molecule has 0 amide bonds. The maximum absolute atomic E-state index is 12.3. The Hall–Kier alpha value is -2.26. The molecule has 1 N–H and O–H groups in total. The van der Waals surface area contributed by atoms with E-state index in [-0.39, 0.29) is 17.0 Å². The minimum absolute atomic E-state index is 0.0373. The maximum Gasteiger partial charge on any atom is 0.278 e. The molecule has 25 heavy (non-hydrogen) atoms. The molecule has 1 fully saturated rings. The first-order valence-corrected chi connectivity index (χ1v) is 9.51. The second-order valence-corrected chi connectivity index (χ2v) is 7.49. The molecule has 9 heteroatoms. The molecule has 134 valence electrons. The molecule has 1 saturated carbocycles. The quantitative estimate of drug-likeness (QED) is 0.829. The Balaban J connectivity index is 1.55. The van der Waals surface area contributed by atoms with Crippen molar-refractivity contribution in [3.63, 3.8) is 0 Å². The van der Waals surface area contributed by atoms with Crippen LogP contribution in [0.15, 0.2) is 41.8 Å². The van der Waals surface area contributed by atoms with Crippen molar-refractivity contribution in [1.82, 2.24) is 19.7 Å².